The summed E-state index contributed by atoms with van der Waals surface area (Å²) in [6.45, 7) is 1.95. The van der Waals surface area contributed by atoms with Crippen LogP contribution in [0.2, 0.25) is 0 Å². The molecule has 0 bridgehead atoms. The second kappa shape index (κ2) is 3.85. The van der Waals surface area contributed by atoms with E-state index in [2.05, 4.69) is 4.98 Å². The number of nitrogens with two attached hydrogens (primary N) is 1. The number of aromatic nitrogens is 1. The quantitative estimate of drug-likeness (QED) is 0.758. The number of rotatable bonds is 1. The van der Waals surface area contributed by atoms with Crippen LogP contribution in [-0.4, -0.2) is 10.8 Å². The standard InChI is InChI=1S/C12H14N2O/c1-8-5-6-14-12(11(8)13)9-3-2-4-10(15)7-9/h5-7H,2-4,13H2,1H3. The zero-order valence-electron chi connectivity index (χ0n) is 8.79. The summed E-state index contributed by atoms with van der Waals surface area (Å²) >= 11 is 0. The lowest BCUT2D eigenvalue weighted by atomic mass is 9.94. The van der Waals surface area contributed by atoms with Gasteiger partial charge in [0.2, 0.25) is 0 Å². The van der Waals surface area contributed by atoms with Gasteiger partial charge in [-0.2, -0.15) is 0 Å². The average molecular weight is 202 g/mol. The maximum absolute atomic E-state index is 11.3. The fraction of sp³-hybridized carbons (Fsp3) is 0.333. The maximum atomic E-state index is 11.3. The molecule has 0 spiro atoms. The van der Waals surface area contributed by atoms with Gasteiger partial charge in [0.15, 0.2) is 5.78 Å². The van der Waals surface area contributed by atoms with E-state index in [0.29, 0.717) is 12.1 Å². The Morgan fingerprint density at radius 3 is 2.93 bits per heavy atom. The van der Waals surface area contributed by atoms with Crippen LogP contribution in [-0.2, 0) is 4.79 Å². The third-order valence-electron chi connectivity index (χ3n) is 2.72. The number of carbonyl (C=O) groups excluding carboxylic acids is 1. The van der Waals surface area contributed by atoms with Gasteiger partial charge >= 0.3 is 0 Å². The van der Waals surface area contributed by atoms with Crippen molar-refractivity contribution >= 4 is 17.0 Å². The van der Waals surface area contributed by atoms with E-state index in [1.807, 2.05) is 13.0 Å². The second-order valence-corrected chi connectivity index (χ2v) is 3.88. The number of anilines is 1. The molecule has 1 aliphatic carbocycles. The molecule has 0 unspecified atom stereocenters. The number of carbonyl (C=O) groups is 1. The number of pyridine rings is 1. The monoisotopic (exact) mass is 202 g/mol. The van der Waals surface area contributed by atoms with Crippen molar-refractivity contribution in [2.45, 2.75) is 26.2 Å². The van der Waals surface area contributed by atoms with Gasteiger partial charge in [0, 0.05) is 12.6 Å². The minimum absolute atomic E-state index is 0.180. The molecular formula is C12H14N2O. The van der Waals surface area contributed by atoms with Gasteiger partial charge in [0.05, 0.1) is 11.4 Å². The molecule has 1 aliphatic rings. The Labute approximate surface area is 89.0 Å². The second-order valence-electron chi connectivity index (χ2n) is 3.88. The summed E-state index contributed by atoms with van der Waals surface area (Å²) in [6, 6.07) is 1.88. The van der Waals surface area contributed by atoms with E-state index in [1.54, 1.807) is 12.3 Å². The highest BCUT2D eigenvalue weighted by Gasteiger charge is 2.15. The molecule has 78 valence electrons. The van der Waals surface area contributed by atoms with E-state index in [1.165, 1.54) is 0 Å². The van der Waals surface area contributed by atoms with Crippen molar-refractivity contribution in [3.63, 3.8) is 0 Å². The molecule has 0 radical (unpaired) electrons. The summed E-state index contributed by atoms with van der Waals surface area (Å²) in [5, 5.41) is 0. The highest BCUT2D eigenvalue weighted by atomic mass is 16.1. The molecule has 1 aromatic rings. The number of hydrogen-bond donors (Lipinski definition) is 1. The normalized spacial score (nSPS) is 16.3. The zero-order valence-corrected chi connectivity index (χ0v) is 8.79. The summed E-state index contributed by atoms with van der Waals surface area (Å²) in [5.74, 6) is 0.180. The SMILES string of the molecule is Cc1ccnc(C2=CC(=O)CCC2)c1N. The molecule has 2 N–H and O–H groups in total. The molecule has 0 fully saturated rings. The number of aryl methyl sites for hydroxylation is 1. The summed E-state index contributed by atoms with van der Waals surface area (Å²) in [7, 11) is 0. The molecule has 1 heterocycles. The number of hydrogen-bond acceptors (Lipinski definition) is 3. The third kappa shape index (κ3) is 1.91. The molecule has 0 amide bonds. The number of nitrogens with zero attached hydrogens (tertiary/aromatic N) is 1. The maximum Gasteiger partial charge on any atom is 0.156 e. The van der Waals surface area contributed by atoms with Crippen molar-refractivity contribution in [1.29, 1.82) is 0 Å². The fourth-order valence-corrected chi connectivity index (χ4v) is 1.80. The van der Waals surface area contributed by atoms with E-state index in [-0.39, 0.29) is 5.78 Å². The predicted octanol–water partition coefficient (Wildman–Crippen LogP) is 2.11. The number of ketones is 1. The number of allylic oxidation sites excluding steroid dienone is 2. The van der Waals surface area contributed by atoms with Crippen LogP contribution >= 0.6 is 0 Å². The Morgan fingerprint density at radius 2 is 2.20 bits per heavy atom. The lowest BCUT2D eigenvalue weighted by molar-refractivity contribution is -0.114. The zero-order chi connectivity index (χ0) is 10.8. The van der Waals surface area contributed by atoms with Crippen LogP contribution in [0, 0.1) is 6.92 Å². The van der Waals surface area contributed by atoms with Crippen LogP contribution in [0.5, 0.6) is 0 Å². The van der Waals surface area contributed by atoms with Crippen molar-refractivity contribution in [3.05, 3.63) is 29.6 Å². The summed E-state index contributed by atoms with van der Waals surface area (Å²) in [6.07, 6.45) is 5.87. The molecule has 0 saturated carbocycles. The minimum Gasteiger partial charge on any atom is -0.397 e. The van der Waals surface area contributed by atoms with Crippen molar-refractivity contribution in [2.75, 3.05) is 5.73 Å². The summed E-state index contributed by atoms with van der Waals surface area (Å²) in [4.78, 5) is 15.5. The summed E-state index contributed by atoms with van der Waals surface area (Å²) < 4.78 is 0. The first kappa shape index (κ1) is 9.90. The van der Waals surface area contributed by atoms with Gasteiger partial charge in [0.25, 0.3) is 0 Å². The molecule has 3 nitrogen and oxygen atoms in total. The molecule has 1 aromatic heterocycles. The smallest absolute Gasteiger partial charge is 0.156 e. The van der Waals surface area contributed by atoms with E-state index >= 15 is 0 Å². The van der Waals surface area contributed by atoms with E-state index in [9.17, 15) is 4.79 Å². The van der Waals surface area contributed by atoms with Crippen LogP contribution in [0.1, 0.15) is 30.5 Å². The van der Waals surface area contributed by atoms with Crippen LogP contribution in [0.25, 0.3) is 5.57 Å². The highest BCUT2D eigenvalue weighted by Crippen LogP contribution is 2.28. The van der Waals surface area contributed by atoms with Crippen molar-refractivity contribution < 1.29 is 4.79 Å². The lowest BCUT2D eigenvalue weighted by Crippen LogP contribution is -2.06. The lowest BCUT2D eigenvalue weighted by Gasteiger charge is -2.14. The highest BCUT2D eigenvalue weighted by molar-refractivity contribution is 5.99. The van der Waals surface area contributed by atoms with Gasteiger partial charge in [0.1, 0.15) is 0 Å². The van der Waals surface area contributed by atoms with Gasteiger partial charge in [-0.05, 0) is 43.0 Å². The van der Waals surface area contributed by atoms with Crippen molar-refractivity contribution in [2.24, 2.45) is 0 Å². The van der Waals surface area contributed by atoms with E-state index in [4.69, 9.17) is 5.73 Å². The molecule has 0 aliphatic heterocycles. The fourth-order valence-electron chi connectivity index (χ4n) is 1.80. The Kier molecular flexibility index (Phi) is 2.54. The van der Waals surface area contributed by atoms with Crippen LogP contribution in [0.15, 0.2) is 18.3 Å². The Morgan fingerprint density at radius 1 is 1.40 bits per heavy atom. The van der Waals surface area contributed by atoms with Gasteiger partial charge in [-0.1, -0.05) is 0 Å². The van der Waals surface area contributed by atoms with Crippen LogP contribution in [0.3, 0.4) is 0 Å². The van der Waals surface area contributed by atoms with E-state index < -0.39 is 0 Å². The molecule has 0 atom stereocenters. The minimum atomic E-state index is 0.180. The van der Waals surface area contributed by atoms with Gasteiger partial charge < -0.3 is 5.73 Å². The molecule has 3 heteroatoms. The first-order valence-corrected chi connectivity index (χ1v) is 5.13. The molecule has 0 aromatic carbocycles. The van der Waals surface area contributed by atoms with Crippen molar-refractivity contribution in [3.8, 4) is 0 Å². The molecular weight excluding hydrogens is 188 g/mol. The van der Waals surface area contributed by atoms with Crippen LogP contribution in [0.4, 0.5) is 5.69 Å². The topological polar surface area (TPSA) is 56.0 Å². The van der Waals surface area contributed by atoms with Gasteiger partial charge in [-0.15, -0.1) is 0 Å². The molecule has 2 rings (SSSR count). The Hall–Kier alpha value is -1.64. The predicted molar refractivity (Wildman–Crippen MR) is 60.2 cm³/mol. The first-order valence-electron chi connectivity index (χ1n) is 5.13. The molecule has 0 saturated heterocycles. The van der Waals surface area contributed by atoms with Crippen molar-refractivity contribution in [1.82, 2.24) is 4.98 Å². The summed E-state index contributed by atoms with van der Waals surface area (Å²) in [5.41, 5.74) is 9.41. The Bertz CT molecular complexity index is 435. The Balaban J connectivity index is 2.45. The van der Waals surface area contributed by atoms with Crippen LogP contribution < -0.4 is 5.73 Å². The molecule has 15 heavy (non-hydrogen) atoms. The third-order valence-corrected chi connectivity index (χ3v) is 2.72. The van der Waals surface area contributed by atoms with Gasteiger partial charge in [-0.25, -0.2) is 0 Å². The number of nitrogen functional groups attached to an aromatic ring is 1. The first-order chi connectivity index (χ1) is 7.18. The largest absolute Gasteiger partial charge is 0.397 e. The van der Waals surface area contributed by atoms with E-state index in [0.717, 1.165) is 29.7 Å². The van der Waals surface area contributed by atoms with Gasteiger partial charge in [-0.3, -0.25) is 9.78 Å². The average Bonchev–Trinajstić information content (AvgIpc) is 2.22.